The lowest BCUT2D eigenvalue weighted by Gasteiger charge is -2.34. The summed E-state index contributed by atoms with van der Waals surface area (Å²) in [6.07, 6.45) is 2.06. The molecule has 2 atom stereocenters. The van der Waals surface area contributed by atoms with Crippen molar-refractivity contribution in [1.82, 2.24) is 19.7 Å². The van der Waals surface area contributed by atoms with E-state index in [4.69, 9.17) is 0 Å². The van der Waals surface area contributed by atoms with Gasteiger partial charge < -0.3 is 4.90 Å². The number of thiophene rings is 1. The molecule has 6 heteroatoms. The average Bonchev–Trinajstić information content (AvgIpc) is 3.12. The maximum atomic E-state index is 12.5. The third-order valence-electron chi connectivity index (χ3n) is 4.37. The van der Waals surface area contributed by atoms with Crippen LogP contribution in [0, 0.1) is 6.92 Å². The smallest absolute Gasteiger partial charge is 0.246 e. The number of amides is 1. The Morgan fingerprint density at radius 1 is 1.40 bits per heavy atom. The standard InChI is InChI=1S/C14H16N4OS/c1-8-5-7-20-11(8)13-16-15-12-10-4-3-6-17(10)14(19)9(2)18(12)13/h5,7,9-10H,3-4,6H2,1-2H3/t9-,10-/m0/s1. The van der Waals surface area contributed by atoms with Crippen LogP contribution < -0.4 is 0 Å². The van der Waals surface area contributed by atoms with E-state index in [1.165, 1.54) is 5.56 Å². The molecule has 1 fully saturated rings. The zero-order chi connectivity index (χ0) is 13.9. The number of aromatic nitrogens is 3. The first-order valence-electron chi connectivity index (χ1n) is 6.98. The molecule has 1 amide bonds. The van der Waals surface area contributed by atoms with Crippen molar-refractivity contribution in [3.8, 4) is 10.7 Å². The van der Waals surface area contributed by atoms with E-state index in [9.17, 15) is 4.79 Å². The van der Waals surface area contributed by atoms with Crippen LogP contribution in [0.25, 0.3) is 10.7 Å². The van der Waals surface area contributed by atoms with E-state index in [1.807, 2.05) is 16.4 Å². The molecule has 2 aliphatic rings. The van der Waals surface area contributed by atoms with Crippen LogP contribution in [0.1, 0.15) is 43.2 Å². The monoisotopic (exact) mass is 288 g/mol. The largest absolute Gasteiger partial charge is 0.331 e. The number of nitrogens with zero attached hydrogens (tertiary/aromatic N) is 4. The van der Waals surface area contributed by atoms with Crippen LogP contribution in [0.5, 0.6) is 0 Å². The van der Waals surface area contributed by atoms with E-state index in [0.29, 0.717) is 0 Å². The second-order valence-corrected chi connectivity index (χ2v) is 6.47. The van der Waals surface area contributed by atoms with Gasteiger partial charge in [-0.25, -0.2) is 0 Å². The topological polar surface area (TPSA) is 51.0 Å². The van der Waals surface area contributed by atoms with Crippen molar-refractivity contribution in [3.63, 3.8) is 0 Å². The van der Waals surface area contributed by atoms with Gasteiger partial charge in [-0.3, -0.25) is 9.36 Å². The van der Waals surface area contributed by atoms with Crippen LogP contribution >= 0.6 is 11.3 Å². The Balaban J connectivity index is 1.91. The van der Waals surface area contributed by atoms with Crippen molar-refractivity contribution in [1.29, 1.82) is 0 Å². The summed E-state index contributed by atoms with van der Waals surface area (Å²) in [6.45, 7) is 4.88. The van der Waals surface area contributed by atoms with Crippen LogP contribution in [-0.4, -0.2) is 32.1 Å². The van der Waals surface area contributed by atoms with E-state index < -0.39 is 0 Å². The third-order valence-corrected chi connectivity index (χ3v) is 5.38. The fourth-order valence-corrected chi connectivity index (χ4v) is 4.23. The fraction of sp³-hybridized carbons (Fsp3) is 0.500. The van der Waals surface area contributed by atoms with E-state index >= 15 is 0 Å². The van der Waals surface area contributed by atoms with Gasteiger partial charge in [-0.1, -0.05) is 0 Å². The number of carbonyl (C=O) groups is 1. The lowest BCUT2D eigenvalue weighted by atomic mass is 10.1. The average molecular weight is 288 g/mol. The molecule has 0 aromatic carbocycles. The predicted octanol–water partition coefficient (Wildman–Crippen LogP) is 2.55. The first kappa shape index (κ1) is 12.1. The van der Waals surface area contributed by atoms with E-state index in [1.54, 1.807) is 11.3 Å². The number of hydrogen-bond acceptors (Lipinski definition) is 4. The summed E-state index contributed by atoms with van der Waals surface area (Å²) in [4.78, 5) is 15.6. The number of aryl methyl sites for hydroxylation is 1. The first-order chi connectivity index (χ1) is 9.68. The molecule has 0 saturated carbocycles. The minimum Gasteiger partial charge on any atom is -0.331 e. The highest BCUT2D eigenvalue weighted by atomic mass is 32.1. The van der Waals surface area contributed by atoms with Crippen molar-refractivity contribution >= 4 is 17.2 Å². The van der Waals surface area contributed by atoms with Crippen LogP contribution in [0.4, 0.5) is 0 Å². The van der Waals surface area contributed by atoms with Crippen molar-refractivity contribution in [2.24, 2.45) is 0 Å². The third kappa shape index (κ3) is 1.45. The van der Waals surface area contributed by atoms with Gasteiger partial charge in [0.25, 0.3) is 0 Å². The minimum atomic E-state index is -0.203. The Morgan fingerprint density at radius 2 is 2.25 bits per heavy atom. The van der Waals surface area contributed by atoms with Gasteiger partial charge in [0.1, 0.15) is 6.04 Å². The van der Waals surface area contributed by atoms with Crippen LogP contribution in [0.3, 0.4) is 0 Å². The molecular formula is C14H16N4OS. The zero-order valence-electron chi connectivity index (χ0n) is 11.5. The van der Waals surface area contributed by atoms with Gasteiger partial charge in [-0.15, -0.1) is 21.5 Å². The first-order valence-corrected chi connectivity index (χ1v) is 7.86. The summed E-state index contributed by atoms with van der Waals surface area (Å²) in [6, 6.07) is 2.00. The molecule has 4 rings (SSSR count). The fourth-order valence-electron chi connectivity index (χ4n) is 3.32. The van der Waals surface area contributed by atoms with Gasteiger partial charge in [-0.05, 0) is 43.7 Å². The molecule has 20 heavy (non-hydrogen) atoms. The van der Waals surface area contributed by atoms with Crippen molar-refractivity contribution < 1.29 is 4.79 Å². The molecule has 104 valence electrons. The normalized spacial score (nSPS) is 24.9. The van der Waals surface area contributed by atoms with Gasteiger partial charge in [0, 0.05) is 6.54 Å². The molecule has 0 spiro atoms. The molecule has 0 aliphatic carbocycles. The van der Waals surface area contributed by atoms with E-state index in [2.05, 4.69) is 28.6 Å². The maximum Gasteiger partial charge on any atom is 0.246 e. The van der Waals surface area contributed by atoms with Gasteiger partial charge in [0.15, 0.2) is 11.6 Å². The summed E-state index contributed by atoms with van der Waals surface area (Å²) in [5.74, 6) is 2.01. The molecular weight excluding hydrogens is 272 g/mol. The molecule has 5 nitrogen and oxygen atoms in total. The Hall–Kier alpha value is -1.69. The lowest BCUT2D eigenvalue weighted by molar-refractivity contribution is -0.137. The Bertz CT molecular complexity index is 689. The quantitative estimate of drug-likeness (QED) is 0.810. The van der Waals surface area contributed by atoms with Gasteiger partial charge in [0.2, 0.25) is 5.91 Å². The summed E-state index contributed by atoms with van der Waals surface area (Å²) < 4.78 is 2.05. The van der Waals surface area contributed by atoms with Crippen LogP contribution in [0.2, 0.25) is 0 Å². The Labute approximate surface area is 121 Å². The predicted molar refractivity (Wildman–Crippen MR) is 76.5 cm³/mol. The summed E-state index contributed by atoms with van der Waals surface area (Å²) in [5, 5.41) is 10.9. The number of hydrogen-bond donors (Lipinski definition) is 0. The molecule has 2 aromatic rings. The number of carbonyl (C=O) groups excluding carboxylic acids is 1. The summed E-state index contributed by atoms with van der Waals surface area (Å²) in [5.41, 5.74) is 1.19. The highest BCUT2D eigenvalue weighted by Crippen LogP contribution is 2.41. The SMILES string of the molecule is Cc1ccsc1-c1nnc2n1[C@@H](C)C(=O)N1CCC[C@@H]21. The Kier molecular flexibility index (Phi) is 2.51. The molecule has 0 N–H and O–H groups in total. The number of rotatable bonds is 1. The summed E-state index contributed by atoms with van der Waals surface area (Å²) >= 11 is 1.66. The molecule has 4 heterocycles. The molecule has 2 aromatic heterocycles. The minimum absolute atomic E-state index is 0.125. The molecule has 0 unspecified atom stereocenters. The molecule has 0 radical (unpaired) electrons. The van der Waals surface area contributed by atoms with Crippen molar-refractivity contribution in [2.45, 2.75) is 38.8 Å². The van der Waals surface area contributed by atoms with Crippen molar-refractivity contribution in [3.05, 3.63) is 22.8 Å². The highest BCUT2D eigenvalue weighted by Gasteiger charge is 2.42. The van der Waals surface area contributed by atoms with Gasteiger partial charge in [-0.2, -0.15) is 0 Å². The maximum absolute atomic E-state index is 12.5. The van der Waals surface area contributed by atoms with E-state index in [0.717, 1.165) is 35.9 Å². The highest BCUT2D eigenvalue weighted by molar-refractivity contribution is 7.13. The molecule has 0 bridgehead atoms. The van der Waals surface area contributed by atoms with Gasteiger partial charge in [0.05, 0.1) is 10.9 Å². The second-order valence-electron chi connectivity index (χ2n) is 5.55. The van der Waals surface area contributed by atoms with E-state index in [-0.39, 0.29) is 18.0 Å². The Morgan fingerprint density at radius 3 is 3.00 bits per heavy atom. The number of fused-ring (bicyclic) bond motifs is 3. The van der Waals surface area contributed by atoms with Crippen LogP contribution in [0.15, 0.2) is 11.4 Å². The lowest BCUT2D eigenvalue weighted by Crippen LogP contribution is -2.42. The van der Waals surface area contributed by atoms with Crippen molar-refractivity contribution in [2.75, 3.05) is 6.54 Å². The molecule has 1 saturated heterocycles. The molecule has 2 aliphatic heterocycles. The van der Waals surface area contributed by atoms with Gasteiger partial charge >= 0.3 is 0 Å². The van der Waals surface area contributed by atoms with Crippen LogP contribution in [-0.2, 0) is 4.79 Å². The zero-order valence-corrected chi connectivity index (χ0v) is 12.4. The summed E-state index contributed by atoms with van der Waals surface area (Å²) in [7, 11) is 0. The second kappa shape index (κ2) is 4.15.